The van der Waals surface area contributed by atoms with Crippen LogP contribution in [0, 0.1) is 0 Å². The Labute approximate surface area is 123 Å². The first-order chi connectivity index (χ1) is 10.0. The summed E-state index contributed by atoms with van der Waals surface area (Å²) >= 11 is 0. The average molecular weight is 290 g/mol. The number of methoxy groups -OCH3 is 3. The molecule has 0 saturated carbocycles. The molecule has 0 amide bonds. The lowest BCUT2D eigenvalue weighted by molar-refractivity contribution is 0.0926. The first-order valence-electron chi connectivity index (χ1n) is 6.35. The quantitative estimate of drug-likeness (QED) is 0.904. The lowest BCUT2D eigenvalue weighted by Crippen LogP contribution is -2.25. The van der Waals surface area contributed by atoms with Gasteiger partial charge in [-0.15, -0.1) is 0 Å². The van der Waals surface area contributed by atoms with Crippen molar-refractivity contribution in [1.29, 1.82) is 0 Å². The second-order valence-corrected chi connectivity index (χ2v) is 4.57. The monoisotopic (exact) mass is 290 g/mol. The molecule has 0 radical (unpaired) electrons. The topological polar surface area (TPSA) is 73.7 Å². The Morgan fingerprint density at radius 3 is 2.19 bits per heavy atom. The molecule has 1 heterocycles. The molecule has 21 heavy (non-hydrogen) atoms. The van der Waals surface area contributed by atoms with Gasteiger partial charge in [0.15, 0.2) is 0 Å². The average Bonchev–Trinajstić information content (AvgIpc) is 2.54. The summed E-state index contributed by atoms with van der Waals surface area (Å²) < 4.78 is 15.3. The summed E-state index contributed by atoms with van der Waals surface area (Å²) in [5.74, 6) is 1.25. The van der Waals surface area contributed by atoms with Crippen LogP contribution in [-0.2, 0) is 5.60 Å². The zero-order chi connectivity index (χ0) is 15.5. The molecule has 0 saturated heterocycles. The molecule has 0 aliphatic rings. The fraction of sp³-hybridized carbons (Fsp3) is 0.333. The number of benzene rings is 1. The molecule has 0 spiro atoms. The summed E-state index contributed by atoms with van der Waals surface area (Å²) in [6.07, 6.45) is 1.44. The molecule has 0 aliphatic carbocycles. The van der Waals surface area contributed by atoms with E-state index in [-0.39, 0.29) is 5.88 Å². The zero-order valence-electron chi connectivity index (χ0n) is 12.5. The highest BCUT2D eigenvalue weighted by atomic mass is 16.5. The van der Waals surface area contributed by atoms with Crippen molar-refractivity contribution in [2.24, 2.45) is 0 Å². The largest absolute Gasteiger partial charge is 0.497 e. The Hall–Kier alpha value is -2.34. The van der Waals surface area contributed by atoms with E-state index in [1.807, 2.05) is 0 Å². The molecule has 1 aromatic carbocycles. The summed E-state index contributed by atoms with van der Waals surface area (Å²) in [7, 11) is 4.55. The van der Waals surface area contributed by atoms with Crippen molar-refractivity contribution in [1.82, 2.24) is 9.97 Å². The van der Waals surface area contributed by atoms with Gasteiger partial charge in [0.1, 0.15) is 17.0 Å². The summed E-state index contributed by atoms with van der Waals surface area (Å²) in [5, 5.41) is 10.8. The molecule has 0 aliphatic heterocycles. The van der Waals surface area contributed by atoms with Gasteiger partial charge in [-0.3, -0.25) is 0 Å². The van der Waals surface area contributed by atoms with Crippen molar-refractivity contribution in [2.45, 2.75) is 12.5 Å². The fourth-order valence-electron chi connectivity index (χ4n) is 1.98. The van der Waals surface area contributed by atoms with Crippen LogP contribution in [0.4, 0.5) is 0 Å². The molecule has 112 valence electrons. The van der Waals surface area contributed by atoms with E-state index in [9.17, 15) is 5.11 Å². The Morgan fingerprint density at radius 2 is 1.67 bits per heavy atom. The smallest absolute Gasteiger partial charge is 0.242 e. The number of hydrogen-bond acceptors (Lipinski definition) is 6. The highest BCUT2D eigenvalue weighted by Crippen LogP contribution is 2.34. The molecule has 6 heteroatoms. The third-order valence-corrected chi connectivity index (χ3v) is 3.23. The van der Waals surface area contributed by atoms with Crippen LogP contribution in [0.1, 0.15) is 18.2 Å². The lowest BCUT2D eigenvalue weighted by Gasteiger charge is -2.24. The molecule has 1 atom stereocenters. The van der Waals surface area contributed by atoms with E-state index in [0.717, 1.165) is 0 Å². The van der Waals surface area contributed by atoms with Gasteiger partial charge < -0.3 is 19.3 Å². The molecule has 0 fully saturated rings. The standard InChI is InChI=1S/C15H18N2O4/c1-15(18,10-5-7-11(19-2)8-6-10)13-14(21-4)17-12(20-3)9-16-13/h5-9,18H,1-4H3. The minimum absolute atomic E-state index is 0.218. The fourth-order valence-corrected chi connectivity index (χ4v) is 1.98. The number of rotatable bonds is 5. The maximum absolute atomic E-state index is 10.8. The van der Waals surface area contributed by atoms with Crippen molar-refractivity contribution in [3.8, 4) is 17.5 Å². The predicted molar refractivity (Wildman–Crippen MR) is 76.8 cm³/mol. The van der Waals surface area contributed by atoms with E-state index in [2.05, 4.69) is 9.97 Å². The maximum Gasteiger partial charge on any atom is 0.242 e. The van der Waals surface area contributed by atoms with E-state index in [1.54, 1.807) is 38.3 Å². The van der Waals surface area contributed by atoms with Gasteiger partial charge in [0.05, 0.1) is 27.5 Å². The van der Waals surface area contributed by atoms with E-state index in [1.165, 1.54) is 20.4 Å². The Bertz CT molecular complexity index is 612. The number of aliphatic hydroxyl groups is 1. The second kappa shape index (κ2) is 5.97. The van der Waals surface area contributed by atoms with Gasteiger partial charge in [-0.25, -0.2) is 4.98 Å². The second-order valence-electron chi connectivity index (χ2n) is 4.57. The van der Waals surface area contributed by atoms with E-state index < -0.39 is 5.60 Å². The molecule has 1 N–H and O–H groups in total. The minimum Gasteiger partial charge on any atom is -0.497 e. The first-order valence-corrected chi connectivity index (χ1v) is 6.35. The van der Waals surface area contributed by atoms with Gasteiger partial charge in [-0.1, -0.05) is 12.1 Å². The van der Waals surface area contributed by atoms with Crippen molar-refractivity contribution >= 4 is 0 Å². The minimum atomic E-state index is -1.35. The molecular weight excluding hydrogens is 272 g/mol. The van der Waals surface area contributed by atoms with Gasteiger partial charge in [-0.05, 0) is 24.6 Å². The Kier molecular flexibility index (Phi) is 4.28. The number of aromatic nitrogens is 2. The van der Waals surface area contributed by atoms with E-state index >= 15 is 0 Å². The van der Waals surface area contributed by atoms with Crippen molar-refractivity contribution in [3.05, 3.63) is 41.7 Å². The van der Waals surface area contributed by atoms with Crippen LogP contribution in [0.3, 0.4) is 0 Å². The zero-order valence-corrected chi connectivity index (χ0v) is 12.5. The first kappa shape index (κ1) is 15.1. The van der Waals surface area contributed by atoms with Gasteiger partial charge in [-0.2, -0.15) is 4.98 Å². The summed E-state index contributed by atoms with van der Waals surface area (Å²) in [4.78, 5) is 8.36. The Balaban J connectivity index is 2.46. The molecular formula is C15H18N2O4. The maximum atomic E-state index is 10.8. The van der Waals surface area contributed by atoms with Gasteiger partial charge in [0, 0.05) is 0 Å². The molecule has 1 aromatic heterocycles. The van der Waals surface area contributed by atoms with Gasteiger partial charge in [0.2, 0.25) is 11.8 Å². The molecule has 2 rings (SSSR count). The SMILES string of the molecule is COc1ccc(C(C)(O)c2ncc(OC)nc2OC)cc1. The number of nitrogens with zero attached hydrogens (tertiary/aromatic N) is 2. The summed E-state index contributed by atoms with van der Waals surface area (Å²) in [6.45, 7) is 1.63. The van der Waals surface area contributed by atoms with Crippen molar-refractivity contribution in [2.75, 3.05) is 21.3 Å². The summed E-state index contributed by atoms with van der Waals surface area (Å²) in [5.41, 5.74) is -0.381. The molecule has 6 nitrogen and oxygen atoms in total. The number of hydrogen-bond donors (Lipinski definition) is 1. The molecule has 1 unspecified atom stereocenters. The third-order valence-electron chi connectivity index (χ3n) is 3.23. The van der Waals surface area contributed by atoms with Crippen LogP contribution < -0.4 is 14.2 Å². The lowest BCUT2D eigenvalue weighted by atomic mass is 9.92. The predicted octanol–water partition coefficient (Wildman–Crippen LogP) is 1.76. The highest BCUT2D eigenvalue weighted by molar-refractivity contribution is 5.39. The summed E-state index contributed by atoms with van der Waals surface area (Å²) in [6, 6.07) is 7.08. The van der Waals surface area contributed by atoms with Gasteiger partial charge in [0.25, 0.3) is 0 Å². The third kappa shape index (κ3) is 2.90. The molecule has 0 bridgehead atoms. The van der Waals surface area contributed by atoms with Crippen LogP contribution in [0.2, 0.25) is 0 Å². The van der Waals surface area contributed by atoms with E-state index in [0.29, 0.717) is 22.9 Å². The Morgan fingerprint density at radius 1 is 1.00 bits per heavy atom. The normalized spacial score (nSPS) is 13.4. The molecule has 2 aromatic rings. The van der Waals surface area contributed by atoms with Crippen LogP contribution >= 0.6 is 0 Å². The number of ether oxygens (including phenoxy) is 3. The van der Waals surface area contributed by atoms with Crippen molar-refractivity contribution < 1.29 is 19.3 Å². The van der Waals surface area contributed by atoms with Crippen LogP contribution in [0.5, 0.6) is 17.5 Å². The van der Waals surface area contributed by atoms with Crippen LogP contribution in [0.25, 0.3) is 0 Å². The van der Waals surface area contributed by atoms with Crippen LogP contribution in [-0.4, -0.2) is 36.4 Å². The van der Waals surface area contributed by atoms with Crippen molar-refractivity contribution in [3.63, 3.8) is 0 Å². The highest BCUT2D eigenvalue weighted by Gasteiger charge is 2.32. The van der Waals surface area contributed by atoms with E-state index in [4.69, 9.17) is 14.2 Å². The van der Waals surface area contributed by atoms with Crippen LogP contribution in [0.15, 0.2) is 30.5 Å². The van der Waals surface area contributed by atoms with Gasteiger partial charge >= 0.3 is 0 Å².